The summed E-state index contributed by atoms with van der Waals surface area (Å²) >= 11 is 0. The van der Waals surface area contributed by atoms with Crippen molar-refractivity contribution < 1.29 is 26.4 Å². The van der Waals surface area contributed by atoms with Crippen LogP contribution in [0.1, 0.15) is 42.1 Å². The van der Waals surface area contributed by atoms with Crippen molar-refractivity contribution in [3.05, 3.63) is 64.6 Å². The van der Waals surface area contributed by atoms with Crippen LogP contribution in [0.3, 0.4) is 0 Å². The molecule has 1 atom stereocenters. The maximum absolute atomic E-state index is 13.1. The first kappa shape index (κ1) is 24.4. The van der Waals surface area contributed by atoms with Gasteiger partial charge in [-0.3, -0.25) is 9.78 Å². The molecule has 1 aromatic heterocycles. The van der Waals surface area contributed by atoms with Gasteiger partial charge >= 0.3 is 6.18 Å². The number of ketones is 1. The Balaban J connectivity index is 2.15. The number of benzene rings is 1. The van der Waals surface area contributed by atoms with Crippen molar-refractivity contribution >= 4 is 21.3 Å². The largest absolute Gasteiger partial charge is 0.433 e. The highest BCUT2D eigenvalue weighted by Crippen LogP contribution is 2.36. The average molecular weight is 478 g/mol. The number of hydrogen-bond donors (Lipinski definition) is 2. The quantitative estimate of drug-likeness (QED) is 0.650. The lowest BCUT2D eigenvalue weighted by Gasteiger charge is -2.28. The molecule has 3 rings (SSSR count). The van der Waals surface area contributed by atoms with Gasteiger partial charge in [0.25, 0.3) is 0 Å². The average Bonchev–Trinajstić information content (AvgIpc) is 2.75. The molecule has 0 saturated heterocycles. The molecule has 2 aromatic rings. The predicted octanol–water partition coefficient (Wildman–Crippen LogP) is 3.76. The van der Waals surface area contributed by atoms with Crippen molar-refractivity contribution in [2.24, 2.45) is 0 Å². The van der Waals surface area contributed by atoms with Gasteiger partial charge in [0.2, 0.25) is 0 Å². The molecule has 0 radical (unpaired) electrons. The summed E-state index contributed by atoms with van der Waals surface area (Å²) in [5.74, 6) is -0.253. The minimum atomic E-state index is -4.63. The number of aromatic nitrogens is 1. The Morgan fingerprint density at radius 2 is 1.91 bits per heavy atom. The fourth-order valence-electron chi connectivity index (χ4n) is 3.78. The number of nitrogens with zero attached hydrogens (tertiary/aromatic N) is 2. The number of hydrogen-bond acceptors (Lipinski definition) is 7. The van der Waals surface area contributed by atoms with E-state index in [0.717, 1.165) is 18.5 Å². The van der Waals surface area contributed by atoms with E-state index >= 15 is 0 Å². The Bertz CT molecular complexity index is 1260. The molecule has 33 heavy (non-hydrogen) atoms. The third-order valence-corrected chi connectivity index (χ3v) is 6.38. The number of allylic oxidation sites excluding steroid dienone is 1. The van der Waals surface area contributed by atoms with E-state index in [1.165, 1.54) is 24.3 Å². The lowest BCUT2D eigenvalue weighted by atomic mass is 9.86. The normalized spacial score (nSPS) is 15.8. The molecule has 0 saturated carbocycles. The van der Waals surface area contributed by atoms with Crippen LogP contribution < -0.4 is 10.6 Å². The molecule has 0 aliphatic heterocycles. The first-order valence-corrected chi connectivity index (χ1v) is 11.8. The Morgan fingerprint density at radius 1 is 1.18 bits per heavy atom. The number of Topliss-reactive ketones (excluding diaryl/α,β-unsaturated/α-hetero) is 1. The second-order valence-electron chi connectivity index (χ2n) is 7.58. The molecule has 1 heterocycles. The Hall–Kier alpha value is -3.23. The maximum Gasteiger partial charge on any atom is 0.433 e. The molecule has 2 N–H and O–H groups in total. The second-order valence-corrected chi connectivity index (χ2v) is 9.56. The van der Waals surface area contributed by atoms with Crippen molar-refractivity contribution in [2.45, 2.75) is 36.4 Å². The first-order chi connectivity index (χ1) is 15.5. The third-order valence-electron chi connectivity index (χ3n) is 5.23. The van der Waals surface area contributed by atoms with E-state index in [4.69, 9.17) is 0 Å². The second kappa shape index (κ2) is 9.33. The number of nitrogens with one attached hydrogen (secondary N) is 2. The minimum Gasteiger partial charge on any atom is -0.358 e. The Morgan fingerprint density at radius 3 is 2.52 bits per heavy atom. The van der Waals surface area contributed by atoms with Gasteiger partial charge in [0.15, 0.2) is 15.6 Å². The highest BCUT2D eigenvalue weighted by Gasteiger charge is 2.34. The highest BCUT2D eigenvalue weighted by molar-refractivity contribution is 7.90. The van der Waals surface area contributed by atoms with Gasteiger partial charge in [-0.05, 0) is 49.7 Å². The lowest BCUT2D eigenvalue weighted by Crippen LogP contribution is -2.29. The van der Waals surface area contributed by atoms with Crippen LogP contribution in [0.25, 0.3) is 0 Å². The highest BCUT2D eigenvalue weighted by atomic mass is 32.2. The van der Waals surface area contributed by atoms with E-state index in [1.807, 2.05) is 6.07 Å². The zero-order valence-corrected chi connectivity index (χ0v) is 18.6. The predicted molar refractivity (Wildman–Crippen MR) is 115 cm³/mol. The van der Waals surface area contributed by atoms with Crippen molar-refractivity contribution in [1.82, 2.24) is 10.3 Å². The number of carbonyl (C=O) groups is 1. The van der Waals surface area contributed by atoms with Crippen LogP contribution in [-0.2, 0) is 20.8 Å². The SMILES string of the molecule is CNC(C1=C(Nc2ccnc(C(F)(F)F)c2)CCCC1=O)c1ccc(C#N)cc1S(C)(=O)=O. The van der Waals surface area contributed by atoms with E-state index in [1.54, 1.807) is 7.05 Å². The molecule has 1 aromatic carbocycles. The van der Waals surface area contributed by atoms with Crippen LogP contribution in [0.15, 0.2) is 52.7 Å². The maximum atomic E-state index is 13.1. The van der Waals surface area contributed by atoms with Gasteiger partial charge in [-0.25, -0.2) is 8.42 Å². The van der Waals surface area contributed by atoms with Crippen molar-refractivity contribution in [3.63, 3.8) is 0 Å². The van der Waals surface area contributed by atoms with Crippen molar-refractivity contribution in [1.29, 1.82) is 5.26 Å². The van der Waals surface area contributed by atoms with Crippen LogP contribution in [-0.4, -0.2) is 32.5 Å². The van der Waals surface area contributed by atoms with Gasteiger partial charge in [-0.2, -0.15) is 18.4 Å². The van der Waals surface area contributed by atoms with Crippen LogP contribution in [0.5, 0.6) is 0 Å². The van der Waals surface area contributed by atoms with Gasteiger partial charge in [0, 0.05) is 35.8 Å². The van der Waals surface area contributed by atoms with E-state index in [-0.39, 0.29) is 39.5 Å². The summed E-state index contributed by atoms with van der Waals surface area (Å²) in [5.41, 5.74) is 0.0884. The van der Waals surface area contributed by atoms with Gasteiger partial charge in [0.1, 0.15) is 5.69 Å². The van der Waals surface area contributed by atoms with Gasteiger partial charge in [0.05, 0.1) is 22.6 Å². The number of carbonyl (C=O) groups excluding carboxylic acids is 1. The molecule has 0 amide bonds. The van der Waals surface area contributed by atoms with E-state index in [2.05, 4.69) is 15.6 Å². The summed E-state index contributed by atoms with van der Waals surface area (Å²) < 4.78 is 64.1. The summed E-state index contributed by atoms with van der Waals surface area (Å²) in [6, 6.07) is 7.41. The van der Waals surface area contributed by atoms with Crippen molar-refractivity contribution in [3.8, 4) is 6.07 Å². The number of anilines is 1. The molecule has 1 unspecified atom stereocenters. The molecule has 11 heteroatoms. The number of sulfone groups is 1. The molecular formula is C22H21F3N4O3S. The summed E-state index contributed by atoms with van der Waals surface area (Å²) in [6.07, 6.45) is -1.51. The standard InChI is InChI=1S/C22H21F3N4O3S/c1-27-21(15-7-6-13(12-26)10-18(15)33(2,31)32)20-16(4-3-5-17(20)30)29-14-8-9-28-19(11-14)22(23,24)25/h6-11,21,27H,3-5H2,1-2H3,(H,28,29). The molecule has 0 bridgehead atoms. The van der Waals surface area contributed by atoms with Gasteiger partial charge in [-0.1, -0.05) is 6.07 Å². The van der Waals surface area contributed by atoms with E-state index in [9.17, 15) is 31.6 Å². The number of alkyl halides is 3. The molecule has 1 aliphatic carbocycles. The Kier molecular flexibility index (Phi) is 6.90. The lowest BCUT2D eigenvalue weighted by molar-refractivity contribution is -0.141. The summed E-state index contributed by atoms with van der Waals surface area (Å²) in [4.78, 5) is 16.2. The molecule has 174 valence electrons. The monoisotopic (exact) mass is 478 g/mol. The number of likely N-dealkylation sites (N-methyl/N-ethyl adjacent to an activating group) is 1. The van der Waals surface area contributed by atoms with Gasteiger partial charge in [-0.15, -0.1) is 0 Å². The van der Waals surface area contributed by atoms with Gasteiger partial charge < -0.3 is 10.6 Å². The van der Waals surface area contributed by atoms with Crippen molar-refractivity contribution in [2.75, 3.05) is 18.6 Å². The molecular weight excluding hydrogens is 457 g/mol. The topological polar surface area (TPSA) is 112 Å². The van der Waals surface area contributed by atoms with Crippen LogP contribution in [0.2, 0.25) is 0 Å². The zero-order valence-electron chi connectivity index (χ0n) is 17.8. The number of halogens is 3. The summed E-state index contributed by atoms with van der Waals surface area (Å²) in [5, 5.41) is 15.0. The Labute approximate surface area is 189 Å². The molecule has 1 aliphatic rings. The molecule has 7 nitrogen and oxygen atoms in total. The van der Waals surface area contributed by atoms with Crippen LogP contribution >= 0.6 is 0 Å². The smallest absolute Gasteiger partial charge is 0.358 e. The third kappa shape index (κ3) is 5.40. The van der Waals surface area contributed by atoms with E-state index < -0.39 is 27.7 Å². The summed E-state index contributed by atoms with van der Waals surface area (Å²) in [7, 11) is -2.20. The fourth-order valence-corrected chi connectivity index (χ4v) is 4.74. The molecule has 0 fully saturated rings. The zero-order chi connectivity index (χ0) is 24.4. The number of nitriles is 1. The number of pyridine rings is 1. The van der Waals surface area contributed by atoms with Crippen LogP contribution in [0.4, 0.5) is 18.9 Å². The van der Waals surface area contributed by atoms with E-state index in [0.29, 0.717) is 18.5 Å². The summed E-state index contributed by atoms with van der Waals surface area (Å²) in [6.45, 7) is 0. The number of rotatable bonds is 6. The molecule has 0 spiro atoms. The first-order valence-electron chi connectivity index (χ1n) is 9.93. The van der Waals surface area contributed by atoms with Crippen LogP contribution in [0, 0.1) is 11.3 Å². The minimum absolute atomic E-state index is 0.102. The fraction of sp³-hybridized carbons (Fsp3) is 0.318.